The van der Waals surface area contributed by atoms with E-state index in [9.17, 15) is 0 Å². The molecule has 3 rings (SSSR count). The van der Waals surface area contributed by atoms with E-state index < -0.39 is 11.9 Å². The summed E-state index contributed by atoms with van der Waals surface area (Å²) in [6, 6.07) is 9.89. The van der Waals surface area contributed by atoms with Gasteiger partial charge in [-0.3, -0.25) is 0 Å². The van der Waals surface area contributed by atoms with Crippen molar-refractivity contribution in [2.75, 3.05) is 20.4 Å². The second-order valence-corrected chi connectivity index (χ2v) is 6.09. The fraction of sp³-hybridized carbons (Fsp3) is 0.294. The van der Waals surface area contributed by atoms with E-state index in [1.807, 2.05) is 31.3 Å². The van der Waals surface area contributed by atoms with Crippen molar-refractivity contribution in [3.05, 3.63) is 40.6 Å². The lowest BCUT2D eigenvalue weighted by atomic mass is 10.2. The first-order chi connectivity index (χ1) is 12.5. The molecule has 0 spiro atoms. The van der Waals surface area contributed by atoms with Crippen molar-refractivity contribution in [1.82, 2.24) is 5.32 Å². The molecule has 1 aromatic heterocycles. The zero-order valence-electron chi connectivity index (χ0n) is 14.0. The van der Waals surface area contributed by atoms with Gasteiger partial charge < -0.3 is 29.7 Å². The standard InChI is InChI=1S/C15H17NO3S.C2H2O4/c1-16-8-7-11(14-6-3-9-20-14)19-13-5-2-4-12-15(13)18-10-17-12;3-1(4)2(5)6/h2-6,9,11,16H,7-8,10H2,1H3;(H,3,4)(H,5,6). The highest BCUT2D eigenvalue weighted by Crippen LogP contribution is 2.42. The fourth-order valence-electron chi connectivity index (χ4n) is 2.16. The van der Waals surface area contributed by atoms with Gasteiger partial charge in [0.2, 0.25) is 12.5 Å². The number of carboxylic acid groups (broad SMARTS) is 2. The Hall–Kier alpha value is -2.78. The summed E-state index contributed by atoms with van der Waals surface area (Å²) in [6.45, 7) is 1.16. The van der Waals surface area contributed by atoms with Crippen LogP contribution in [0.5, 0.6) is 17.2 Å². The molecular formula is C17H19NO7S. The molecule has 1 aromatic carbocycles. The number of nitrogens with one attached hydrogen (secondary N) is 1. The first kappa shape index (κ1) is 19.5. The maximum absolute atomic E-state index is 9.10. The van der Waals surface area contributed by atoms with Crippen LogP contribution in [0, 0.1) is 0 Å². The van der Waals surface area contributed by atoms with Gasteiger partial charge >= 0.3 is 11.9 Å². The number of fused-ring (bicyclic) bond motifs is 1. The Labute approximate surface area is 153 Å². The second kappa shape index (κ2) is 9.64. The van der Waals surface area contributed by atoms with Crippen molar-refractivity contribution in [2.24, 2.45) is 0 Å². The zero-order chi connectivity index (χ0) is 18.9. The van der Waals surface area contributed by atoms with E-state index in [0.717, 1.165) is 24.5 Å². The highest BCUT2D eigenvalue weighted by molar-refractivity contribution is 7.10. The minimum atomic E-state index is -1.82. The third-order valence-corrected chi connectivity index (χ3v) is 4.29. The van der Waals surface area contributed by atoms with Crippen LogP contribution in [0.15, 0.2) is 35.7 Å². The van der Waals surface area contributed by atoms with E-state index >= 15 is 0 Å². The quantitative estimate of drug-likeness (QED) is 0.654. The summed E-state index contributed by atoms with van der Waals surface area (Å²) in [4.78, 5) is 19.4. The third kappa shape index (κ3) is 5.36. The number of rotatable bonds is 6. The summed E-state index contributed by atoms with van der Waals surface area (Å²) in [5, 5.41) is 20.0. The number of carbonyl (C=O) groups is 2. The fourth-order valence-corrected chi connectivity index (χ4v) is 2.95. The molecule has 26 heavy (non-hydrogen) atoms. The Balaban J connectivity index is 0.000000352. The topological polar surface area (TPSA) is 114 Å². The highest BCUT2D eigenvalue weighted by Gasteiger charge is 2.22. The lowest BCUT2D eigenvalue weighted by Crippen LogP contribution is -2.15. The minimum absolute atomic E-state index is 0.0261. The lowest BCUT2D eigenvalue weighted by Gasteiger charge is -2.18. The number of hydrogen-bond acceptors (Lipinski definition) is 7. The van der Waals surface area contributed by atoms with E-state index in [0.29, 0.717) is 5.75 Å². The maximum atomic E-state index is 9.10. The van der Waals surface area contributed by atoms with E-state index in [1.165, 1.54) is 4.88 Å². The van der Waals surface area contributed by atoms with Gasteiger partial charge in [-0.25, -0.2) is 9.59 Å². The first-order valence-electron chi connectivity index (χ1n) is 7.72. The molecule has 0 fully saturated rings. The molecule has 3 N–H and O–H groups in total. The first-order valence-corrected chi connectivity index (χ1v) is 8.60. The van der Waals surface area contributed by atoms with E-state index in [4.69, 9.17) is 34.0 Å². The molecule has 140 valence electrons. The Morgan fingerprint density at radius 1 is 1.23 bits per heavy atom. The average molecular weight is 381 g/mol. The number of ether oxygens (including phenoxy) is 3. The maximum Gasteiger partial charge on any atom is 0.414 e. The largest absolute Gasteiger partial charge is 0.481 e. The van der Waals surface area contributed by atoms with Gasteiger partial charge in [0.15, 0.2) is 11.5 Å². The van der Waals surface area contributed by atoms with Gasteiger partial charge in [-0.05, 0) is 37.2 Å². The van der Waals surface area contributed by atoms with Gasteiger partial charge in [-0.15, -0.1) is 11.3 Å². The number of hydrogen-bond donors (Lipinski definition) is 3. The van der Waals surface area contributed by atoms with E-state index in [1.54, 1.807) is 11.3 Å². The van der Waals surface area contributed by atoms with Crippen LogP contribution in [0.4, 0.5) is 0 Å². The van der Waals surface area contributed by atoms with Crippen molar-refractivity contribution in [2.45, 2.75) is 12.5 Å². The Morgan fingerprint density at radius 3 is 2.62 bits per heavy atom. The van der Waals surface area contributed by atoms with Crippen LogP contribution in [0.2, 0.25) is 0 Å². The molecule has 1 unspecified atom stereocenters. The zero-order valence-corrected chi connectivity index (χ0v) is 14.8. The molecule has 0 radical (unpaired) electrons. The smallest absolute Gasteiger partial charge is 0.414 e. The number of benzene rings is 1. The molecule has 1 aliphatic rings. The van der Waals surface area contributed by atoms with Crippen molar-refractivity contribution in [3.8, 4) is 17.2 Å². The summed E-state index contributed by atoms with van der Waals surface area (Å²) in [6.07, 6.45) is 0.930. The van der Waals surface area contributed by atoms with Gasteiger partial charge in [-0.2, -0.15) is 0 Å². The molecule has 9 heteroatoms. The summed E-state index contributed by atoms with van der Waals surface area (Å²) in [5.41, 5.74) is 0. The molecule has 0 aliphatic carbocycles. The van der Waals surface area contributed by atoms with Gasteiger partial charge in [-0.1, -0.05) is 12.1 Å². The van der Waals surface area contributed by atoms with Crippen molar-refractivity contribution < 1.29 is 34.0 Å². The molecule has 0 saturated carbocycles. The lowest BCUT2D eigenvalue weighted by molar-refractivity contribution is -0.159. The molecule has 2 heterocycles. The van der Waals surface area contributed by atoms with Crippen LogP contribution in [-0.4, -0.2) is 42.5 Å². The molecule has 2 aromatic rings. The Morgan fingerprint density at radius 2 is 2.00 bits per heavy atom. The summed E-state index contributed by atoms with van der Waals surface area (Å²) >= 11 is 1.71. The highest BCUT2D eigenvalue weighted by atomic mass is 32.1. The van der Waals surface area contributed by atoms with Crippen LogP contribution in [-0.2, 0) is 9.59 Å². The third-order valence-electron chi connectivity index (χ3n) is 3.33. The number of aliphatic carboxylic acids is 2. The monoisotopic (exact) mass is 381 g/mol. The Bertz CT molecular complexity index is 721. The number of carboxylic acids is 2. The number of para-hydroxylation sites is 1. The van der Waals surface area contributed by atoms with Crippen LogP contribution in [0.25, 0.3) is 0 Å². The van der Waals surface area contributed by atoms with Crippen LogP contribution in [0.3, 0.4) is 0 Å². The van der Waals surface area contributed by atoms with Crippen molar-refractivity contribution >= 4 is 23.3 Å². The molecular weight excluding hydrogens is 362 g/mol. The van der Waals surface area contributed by atoms with Gasteiger partial charge in [0.1, 0.15) is 6.10 Å². The molecule has 1 atom stereocenters. The SMILES string of the molecule is CNCCC(Oc1cccc2c1OCO2)c1cccs1.O=C(O)C(=O)O. The van der Waals surface area contributed by atoms with Crippen molar-refractivity contribution in [3.63, 3.8) is 0 Å². The molecule has 0 bridgehead atoms. The van der Waals surface area contributed by atoms with Crippen molar-refractivity contribution in [1.29, 1.82) is 0 Å². The molecule has 8 nitrogen and oxygen atoms in total. The summed E-state index contributed by atoms with van der Waals surface area (Å²) < 4.78 is 17.0. The second-order valence-electron chi connectivity index (χ2n) is 5.11. The van der Waals surface area contributed by atoms with E-state index in [2.05, 4.69) is 16.8 Å². The minimum Gasteiger partial charge on any atom is -0.481 e. The van der Waals surface area contributed by atoms with Gasteiger partial charge in [0.05, 0.1) is 0 Å². The predicted molar refractivity (Wildman–Crippen MR) is 94.1 cm³/mol. The summed E-state index contributed by atoms with van der Waals surface area (Å²) in [7, 11) is 1.95. The van der Waals surface area contributed by atoms with Crippen LogP contribution < -0.4 is 19.5 Å². The molecule has 0 saturated heterocycles. The van der Waals surface area contributed by atoms with Gasteiger partial charge in [0, 0.05) is 11.3 Å². The normalized spacial score (nSPS) is 12.7. The van der Waals surface area contributed by atoms with E-state index in [-0.39, 0.29) is 12.9 Å². The molecule has 1 aliphatic heterocycles. The Kier molecular flexibility index (Phi) is 7.24. The predicted octanol–water partition coefficient (Wildman–Crippen LogP) is 2.36. The number of thiophene rings is 1. The van der Waals surface area contributed by atoms with Crippen LogP contribution in [0.1, 0.15) is 17.4 Å². The average Bonchev–Trinajstić information content (AvgIpc) is 3.30. The molecule has 0 amide bonds. The summed E-state index contributed by atoms with van der Waals surface area (Å²) in [5.74, 6) is -1.45. The van der Waals surface area contributed by atoms with Crippen LogP contribution >= 0.6 is 11.3 Å². The van der Waals surface area contributed by atoms with Gasteiger partial charge in [0.25, 0.3) is 0 Å².